The van der Waals surface area contributed by atoms with Gasteiger partial charge in [-0.3, -0.25) is 9.59 Å². The number of nitrogens with zero attached hydrogens (tertiary/aromatic N) is 1. The number of hydrogen-bond acceptors (Lipinski definition) is 3. The highest BCUT2D eigenvalue weighted by atomic mass is 19.1. The predicted molar refractivity (Wildman–Crippen MR) is 86.5 cm³/mol. The van der Waals surface area contributed by atoms with Gasteiger partial charge < -0.3 is 16.0 Å². The molecule has 0 saturated carbocycles. The molecule has 0 aromatic heterocycles. The van der Waals surface area contributed by atoms with Gasteiger partial charge in [0.2, 0.25) is 5.91 Å². The molecule has 1 aromatic carbocycles. The van der Waals surface area contributed by atoms with Crippen LogP contribution < -0.4 is 11.1 Å². The molecule has 1 aliphatic heterocycles. The van der Waals surface area contributed by atoms with Gasteiger partial charge in [0.05, 0.1) is 5.56 Å². The summed E-state index contributed by atoms with van der Waals surface area (Å²) in [7, 11) is 0. The highest BCUT2D eigenvalue weighted by Gasteiger charge is 2.29. The van der Waals surface area contributed by atoms with Crippen LogP contribution in [0.2, 0.25) is 0 Å². The standard InChI is InChI=1S/C17H24FN3O2/c1-12-5-6-15(18)14(10-12)17(23)21-9-3-2-4-13(21)11-20-16(22)7-8-19/h5-6,10,13H,2-4,7-9,11,19H2,1H3,(H,20,22). The fourth-order valence-electron chi connectivity index (χ4n) is 2.89. The van der Waals surface area contributed by atoms with Crippen molar-refractivity contribution in [2.24, 2.45) is 5.73 Å². The zero-order chi connectivity index (χ0) is 16.8. The van der Waals surface area contributed by atoms with Gasteiger partial charge >= 0.3 is 0 Å². The Labute approximate surface area is 136 Å². The summed E-state index contributed by atoms with van der Waals surface area (Å²) >= 11 is 0. The Kier molecular flexibility index (Phi) is 6.10. The van der Waals surface area contributed by atoms with Crippen LogP contribution in [-0.4, -0.2) is 42.4 Å². The summed E-state index contributed by atoms with van der Waals surface area (Å²) in [6.45, 7) is 3.10. The molecule has 1 unspecified atom stereocenters. The lowest BCUT2D eigenvalue weighted by Gasteiger charge is -2.36. The lowest BCUT2D eigenvalue weighted by atomic mass is 10.00. The van der Waals surface area contributed by atoms with Crippen LogP contribution in [0.4, 0.5) is 4.39 Å². The van der Waals surface area contributed by atoms with E-state index >= 15 is 0 Å². The van der Waals surface area contributed by atoms with E-state index in [-0.39, 0.29) is 29.8 Å². The van der Waals surface area contributed by atoms with E-state index in [1.807, 2.05) is 6.92 Å². The highest BCUT2D eigenvalue weighted by Crippen LogP contribution is 2.21. The van der Waals surface area contributed by atoms with Gasteiger partial charge in [0.15, 0.2) is 0 Å². The molecule has 1 saturated heterocycles. The first-order chi connectivity index (χ1) is 11.0. The zero-order valence-corrected chi connectivity index (χ0v) is 13.5. The molecule has 0 spiro atoms. The third-order valence-electron chi connectivity index (χ3n) is 4.15. The molecule has 0 aliphatic carbocycles. The second kappa shape index (κ2) is 8.06. The second-order valence-electron chi connectivity index (χ2n) is 5.97. The first-order valence-electron chi connectivity index (χ1n) is 8.07. The number of nitrogens with two attached hydrogens (primary N) is 1. The molecule has 0 bridgehead atoms. The van der Waals surface area contributed by atoms with Crippen molar-refractivity contribution >= 4 is 11.8 Å². The molecule has 23 heavy (non-hydrogen) atoms. The molecule has 1 atom stereocenters. The van der Waals surface area contributed by atoms with Gasteiger partial charge in [0, 0.05) is 32.1 Å². The highest BCUT2D eigenvalue weighted by molar-refractivity contribution is 5.95. The van der Waals surface area contributed by atoms with Crippen molar-refractivity contribution in [2.75, 3.05) is 19.6 Å². The van der Waals surface area contributed by atoms with Crippen molar-refractivity contribution in [1.29, 1.82) is 0 Å². The first-order valence-corrected chi connectivity index (χ1v) is 8.07. The van der Waals surface area contributed by atoms with E-state index in [1.165, 1.54) is 6.07 Å². The third-order valence-corrected chi connectivity index (χ3v) is 4.15. The van der Waals surface area contributed by atoms with E-state index in [1.54, 1.807) is 17.0 Å². The Balaban J connectivity index is 2.09. The van der Waals surface area contributed by atoms with Gasteiger partial charge in [0.1, 0.15) is 5.82 Å². The molecule has 0 radical (unpaired) electrons. The zero-order valence-electron chi connectivity index (χ0n) is 13.5. The molecule has 126 valence electrons. The maximum absolute atomic E-state index is 14.0. The van der Waals surface area contributed by atoms with Crippen molar-refractivity contribution in [3.05, 3.63) is 35.1 Å². The van der Waals surface area contributed by atoms with E-state index < -0.39 is 5.82 Å². The normalized spacial score (nSPS) is 17.9. The Morgan fingerprint density at radius 1 is 1.39 bits per heavy atom. The topological polar surface area (TPSA) is 75.4 Å². The maximum atomic E-state index is 14.0. The molecule has 2 rings (SSSR count). The third kappa shape index (κ3) is 4.51. The smallest absolute Gasteiger partial charge is 0.257 e. The summed E-state index contributed by atoms with van der Waals surface area (Å²) in [4.78, 5) is 26.0. The first kappa shape index (κ1) is 17.4. The van der Waals surface area contributed by atoms with Gasteiger partial charge in [-0.05, 0) is 38.3 Å². The molecule has 1 aromatic rings. The second-order valence-corrected chi connectivity index (χ2v) is 5.97. The number of amides is 2. The van der Waals surface area contributed by atoms with E-state index in [0.29, 0.717) is 19.6 Å². The summed E-state index contributed by atoms with van der Waals surface area (Å²) < 4.78 is 14.0. The number of halogens is 1. The number of nitrogens with one attached hydrogen (secondary N) is 1. The van der Waals surface area contributed by atoms with Gasteiger partial charge in [-0.2, -0.15) is 0 Å². The molecule has 1 heterocycles. The minimum absolute atomic E-state index is 0.0992. The predicted octanol–water partition coefficient (Wildman–Crippen LogP) is 1.59. The Morgan fingerprint density at radius 2 is 2.17 bits per heavy atom. The van der Waals surface area contributed by atoms with E-state index in [2.05, 4.69) is 5.32 Å². The van der Waals surface area contributed by atoms with Crippen molar-refractivity contribution in [3.8, 4) is 0 Å². The summed E-state index contributed by atoms with van der Waals surface area (Å²) in [5.41, 5.74) is 6.30. The average molecular weight is 321 g/mol. The van der Waals surface area contributed by atoms with Crippen LogP contribution in [-0.2, 0) is 4.79 Å². The van der Waals surface area contributed by atoms with Gasteiger partial charge in [-0.1, -0.05) is 11.6 Å². The quantitative estimate of drug-likeness (QED) is 0.865. The number of piperidine rings is 1. The Morgan fingerprint density at radius 3 is 2.91 bits per heavy atom. The maximum Gasteiger partial charge on any atom is 0.257 e. The minimum atomic E-state index is -0.503. The SMILES string of the molecule is Cc1ccc(F)c(C(=O)N2CCCCC2CNC(=O)CCN)c1. The van der Waals surface area contributed by atoms with Gasteiger partial charge in [-0.15, -0.1) is 0 Å². The molecular formula is C17H24FN3O2. The van der Waals surface area contributed by atoms with Gasteiger partial charge in [-0.25, -0.2) is 4.39 Å². The number of aryl methyl sites for hydroxylation is 1. The van der Waals surface area contributed by atoms with Crippen LogP contribution in [0.15, 0.2) is 18.2 Å². The number of carbonyl (C=O) groups excluding carboxylic acids is 2. The summed E-state index contributed by atoms with van der Waals surface area (Å²) in [6, 6.07) is 4.45. The minimum Gasteiger partial charge on any atom is -0.354 e. The van der Waals surface area contributed by atoms with Crippen LogP contribution in [0.5, 0.6) is 0 Å². The monoisotopic (exact) mass is 321 g/mol. The van der Waals surface area contributed by atoms with Crippen LogP contribution in [0.3, 0.4) is 0 Å². The molecule has 2 amide bonds. The van der Waals surface area contributed by atoms with Crippen LogP contribution in [0.1, 0.15) is 41.6 Å². The fraction of sp³-hybridized carbons (Fsp3) is 0.529. The summed E-state index contributed by atoms with van der Waals surface area (Å²) in [5.74, 6) is -0.923. The van der Waals surface area contributed by atoms with Crippen LogP contribution >= 0.6 is 0 Å². The Bertz CT molecular complexity index is 577. The number of carbonyl (C=O) groups is 2. The van der Waals surface area contributed by atoms with Crippen molar-refractivity contribution < 1.29 is 14.0 Å². The molecule has 1 aliphatic rings. The molecule has 5 nitrogen and oxygen atoms in total. The summed E-state index contributed by atoms with van der Waals surface area (Å²) in [5, 5.41) is 2.81. The Hall–Kier alpha value is -1.95. The summed E-state index contributed by atoms with van der Waals surface area (Å²) in [6.07, 6.45) is 2.97. The lowest BCUT2D eigenvalue weighted by Crippen LogP contribution is -2.49. The van der Waals surface area contributed by atoms with Crippen LogP contribution in [0, 0.1) is 12.7 Å². The molecule has 1 fully saturated rings. The molecule has 6 heteroatoms. The molecule has 3 N–H and O–H groups in total. The molecular weight excluding hydrogens is 297 g/mol. The van der Waals surface area contributed by atoms with Gasteiger partial charge in [0.25, 0.3) is 5.91 Å². The fourth-order valence-corrected chi connectivity index (χ4v) is 2.89. The van der Waals surface area contributed by atoms with Crippen LogP contribution in [0.25, 0.3) is 0 Å². The lowest BCUT2D eigenvalue weighted by molar-refractivity contribution is -0.121. The average Bonchev–Trinajstić information content (AvgIpc) is 2.55. The number of benzene rings is 1. The number of likely N-dealkylation sites (tertiary alicyclic amines) is 1. The largest absolute Gasteiger partial charge is 0.354 e. The van der Waals surface area contributed by atoms with Crippen molar-refractivity contribution in [2.45, 2.75) is 38.6 Å². The van der Waals surface area contributed by atoms with E-state index in [0.717, 1.165) is 24.8 Å². The van der Waals surface area contributed by atoms with E-state index in [9.17, 15) is 14.0 Å². The number of hydrogen-bond donors (Lipinski definition) is 2. The number of rotatable bonds is 5. The van der Waals surface area contributed by atoms with Crippen molar-refractivity contribution in [1.82, 2.24) is 10.2 Å². The van der Waals surface area contributed by atoms with Crippen molar-refractivity contribution in [3.63, 3.8) is 0 Å². The van der Waals surface area contributed by atoms with E-state index in [4.69, 9.17) is 5.73 Å².